The molecule has 0 radical (unpaired) electrons. The molecule has 0 aromatic heterocycles. The van der Waals surface area contributed by atoms with Gasteiger partial charge in [0.25, 0.3) is 10.1 Å². The first-order valence-corrected chi connectivity index (χ1v) is 7.77. The van der Waals surface area contributed by atoms with Crippen LogP contribution in [0, 0.1) is 0 Å². The third-order valence-electron chi connectivity index (χ3n) is 0.303. The maximum Gasteiger partial charge on any atom is 0.264 e. The van der Waals surface area contributed by atoms with E-state index in [9.17, 15) is 16.8 Å². The maximum absolute atomic E-state index is 9.78. The van der Waals surface area contributed by atoms with Crippen molar-refractivity contribution in [2.75, 3.05) is 33.8 Å². The smallest absolute Gasteiger partial charge is 0.264 e. The van der Waals surface area contributed by atoms with Crippen molar-refractivity contribution in [3.8, 4) is 0 Å². The SMILES string of the molecule is CN.CO.COS(C)(=O)=O.CS(=O)(=O)Cl.N.O. The lowest BCUT2D eigenvalue weighted by molar-refractivity contribution is 0.399. The van der Waals surface area contributed by atoms with Crippen LogP contribution in [0.15, 0.2) is 0 Å². The van der Waals surface area contributed by atoms with Gasteiger partial charge in [0.15, 0.2) is 0 Å². The van der Waals surface area contributed by atoms with E-state index >= 15 is 0 Å². The Bertz CT molecular complexity index is 281. The Balaban J connectivity index is -0.0000000253. The van der Waals surface area contributed by atoms with Gasteiger partial charge in [0.1, 0.15) is 0 Å². The van der Waals surface area contributed by atoms with E-state index in [0.717, 1.165) is 26.7 Å². The summed E-state index contributed by atoms with van der Waals surface area (Å²) in [5, 5.41) is 7.00. The van der Waals surface area contributed by atoms with E-state index in [1.54, 1.807) is 0 Å². The molecule has 0 fully saturated rings. The molecule has 0 aliphatic heterocycles. The van der Waals surface area contributed by atoms with Crippen molar-refractivity contribution < 1.29 is 31.6 Å². The Morgan fingerprint density at radius 2 is 1.12 bits per heavy atom. The van der Waals surface area contributed by atoms with Crippen LogP contribution in [0.25, 0.3) is 0 Å². The summed E-state index contributed by atoms with van der Waals surface area (Å²) < 4.78 is 42.3. The molecule has 0 amide bonds. The summed E-state index contributed by atoms with van der Waals surface area (Å²) in [6.07, 6.45) is 1.92. The summed E-state index contributed by atoms with van der Waals surface area (Å²) in [5.41, 5.74) is 4.50. The minimum Gasteiger partial charge on any atom is -0.412 e. The zero-order chi connectivity index (χ0) is 13.7. The second-order valence-corrected chi connectivity index (χ2v) is 6.34. The average molecular weight is 323 g/mol. The Morgan fingerprint density at radius 3 is 1.12 bits per heavy atom. The first-order valence-electron chi connectivity index (χ1n) is 3.24. The van der Waals surface area contributed by atoms with Gasteiger partial charge >= 0.3 is 0 Å². The lowest BCUT2D eigenvalue weighted by Crippen LogP contribution is -1.95. The van der Waals surface area contributed by atoms with Crippen LogP contribution in [-0.4, -0.2) is 61.2 Å². The Kier molecular flexibility index (Phi) is 45.0. The van der Waals surface area contributed by atoms with E-state index in [-0.39, 0.29) is 11.6 Å². The summed E-state index contributed by atoms with van der Waals surface area (Å²) in [6, 6.07) is 0. The average Bonchev–Trinajstić information content (AvgIpc) is 2.07. The molecule has 0 spiro atoms. The van der Waals surface area contributed by atoms with Crippen molar-refractivity contribution in [2.45, 2.75) is 0 Å². The van der Waals surface area contributed by atoms with Gasteiger partial charge in [-0.25, -0.2) is 8.42 Å². The standard InChI is InChI=1S/C2H6O3S.CH3ClO2S.CH5N.CH4O.H3N.H2O/c1-5-6(2,3)4;1-5(2,3)4;2*1-2;;/h1-2H3;1H3;2H2,1H3;2H,1H3;1H3;1H2. The van der Waals surface area contributed by atoms with Crippen molar-refractivity contribution in [1.29, 1.82) is 0 Å². The largest absolute Gasteiger partial charge is 0.412 e. The van der Waals surface area contributed by atoms with Gasteiger partial charge in [-0.3, -0.25) is 4.18 Å². The fraction of sp³-hybridized carbons (Fsp3) is 1.00. The summed E-state index contributed by atoms with van der Waals surface area (Å²) in [7, 11) is 1.77. The quantitative estimate of drug-likeness (QED) is 0.375. The summed E-state index contributed by atoms with van der Waals surface area (Å²) in [6.45, 7) is 0. The minimum atomic E-state index is -3.19. The summed E-state index contributed by atoms with van der Waals surface area (Å²) in [4.78, 5) is 0. The Morgan fingerprint density at radius 1 is 1.06 bits per heavy atom. The van der Waals surface area contributed by atoms with Crippen molar-refractivity contribution in [3.63, 3.8) is 0 Å². The number of hydrogen-bond donors (Lipinski definition) is 3. The lowest BCUT2D eigenvalue weighted by Gasteiger charge is -1.84. The molecule has 0 atom stereocenters. The molecule has 9 nitrogen and oxygen atoms in total. The van der Waals surface area contributed by atoms with E-state index in [0.29, 0.717) is 0 Å². The molecule has 114 valence electrons. The van der Waals surface area contributed by atoms with Crippen LogP contribution < -0.4 is 11.9 Å². The summed E-state index contributed by atoms with van der Waals surface area (Å²) >= 11 is 0. The van der Waals surface area contributed by atoms with Gasteiger partial charge in [0.2, 0.25) is 9.05 Å². The second kappa shape index (κ2) is 21.3. The van der Waals surface area contributed by atoms with Crippen LogP contribution in [0.2, 0.25) is 0 Å². The van der Waals surface area contributed by atoms with E-state index in [2.05, 4.69) is 20.6 Å². The van der Waals surface area contributed by atoms with Crippen LogP contribution >= 0.6 is 10.7 Å². The molecule has 0 saturated heterocycles. The van der Waals surface area contributed by atoms with Gasteiger partial charge in [-0.2, -0.15) is 8.42 Å². The number of aliphatic hydroxyl groups is 1. The fourth-order valence-electron chi connectivity index (χ4n) is 0. The normalized spacial score (nSPS) is 8.24. The van der Waals surface area contributed by atoms with Crippen molar-refractivity contribution >= 4 is 29.9 Å². The molecular formula is C5H23ClN2O7S2. The van der Waals surface area contributed by atoms with E-state index in [1.165, 1.54) is 7.05 Å². The number of hydrogen-bond acceptors (Lipinski definition) is 8. The van der Waals surface area contributed by atoms with Gasteiger partial charge in [-0.05, 0) is 7.05 Å². The van der Waals surface area contributed by atoms with Crippen LogP contribution in [0.4, 0.5) is 0 Å². The van der Waals surface area contributed by atoms with Crippen molar-refractivity contribution in [1.82, 2.24) is 6.15 Å². The van der Waals surface area contributed by atoms with Gasteiger partial charge < -0.3 is 22.5 Å². The number of nitrogens with two attached hydrogens (primary N) is 1. The number of aliphatic hydroxyl groups excluding tert-OH is 1. The maximum atomic E-state index is 9.78. The van der Waals surface area contributed by atoms with Gasteiger partial charge in [-0.15, -0.1) is 0 Å². The molecule has 8 N–H and O–H groups in total. The first kappa shape index (κ1) is 36.0. The molecule has 0 aliphatic carbocycles. The molecule has 0 aliphatic rings. The predicted octanol–water partition coefficient (Wildman–Crippen LogP) is -1.70. The highest BCUT2D eigenvalue weighted by molar-refractivity contribution is 8.13. The molecular weight excluding hydrogens is 300 g/mol. The third-order valence-corrected chi connectivity index (χ3v) is 0.908. The fourth-order valence-corrected chi connectivity index (χ4v) is 0. The Labute approximate surface area is 107 Å². The molecule has 17 heavy (non-hydrogen) atoms. The Hall–Kier alpha value is -0.0100. The zero-order valence-electron chi connectivity index (χ0n) is 10.5. The zero-order valence-corrected chi connectivity index (χ0v) is 12.9. The van der Waals surface area contributed by atoms with E-state index < -0.39 is 19.2 Å². The molecule has 0 unspecified atom stereocenters. The van der Waals surface area contributed by atoms with Crippen LogP contribution in [0.5, 0.6) is 0 Å². The molecule has 0 aromatic carbocycles. The third kappa shape index (κ3) is 350. The van der Waals surface area contributed by atoms with Crippen LogP contribution in [-0.2, 0) is 23.4 Å². The molecule has 0 aromatic rings. The monoisotopic (exact) mass is 322 g/mol. The minimum absolute atomic E-state index is 0. The molecule has 0 heterocycles. The highest BCUT2D eigenvalue weighted by atomic mass is 35.7. The van der Waals surface area contributed by atoms with Crippen LogP contribution in [0.1, 0.15) is 0 Å². The second-order valence-electron chi connectivity index (χ2n) is 1.55. The predicted molar refractivity (Wildman–Crippen MR) is 69.4 cm³/mol. The highest BCUT2D eigenvalue weighted by Gasteiger charge is 1.90. The topological polar surface area (TPSA) is 190 Å². The highest BCUT2D eigenvalue weighted by Crippen LogP contribution is 1.83. The number of rotatable bonds is 1. The molecule has 12 heteroatoms. The molecule has 0 saturated carbocycles. The molecule has 0 rings (SSSR count). The summed E-state index contributed by atoms with van der Waals surface area (Å²) in [5.74, 6) is 0. The van der Waals surface area contributed by atoms with Crippen molar-refractivity contribution in [2.24, 2.45) is 5.73 Å². The van der Waals surface area contributed by atoms with Crippen molar-refractivity contribution in [3.05, 3.63) is 0 Å². The molecule has 0 bridgehead atoms. The van der Waals surface area contributed by atoms with Crippen LogP contribution in [0.3, 0.4) is 0 Å². The number of halogens is 1. The van der Waals surface area contributed by atoms with E-state index in [1.807, 2.05) is 0 Å². The first-order chi connectivity index (χ1) is 6.56. The van der Waals surface area contributed by atoms with E-state index in [4.69, 9.17) is 5.11 Å². The van der Waals surface area contributed by atoms with Gasteiger partial charge in [-0.1, -0.05) is 0 Å². The van der Waals surface area contributed by atoms with Gasteiger partial charge in [0, 0.05) is 17.8 Å². The lowest BCUT2D eigenvalue weighted by atomic mass is 11.6. The van der Waals surface area contributed by atoms with Gasteiger partial charge in [0.05, 0.1) is 19.6 Å².